The second-order valence-corrected chi connectivity index (χ2v) is 27.8. The Morgan fingerprint density at radius 1 is 0.352 bits per heavy atom. The standard InChI is InChI=1S/C86H141NO18/c1-3-5-7-9-11-13-15-17-19-21-23-25-27-28-29-30-31-32-33-34-35-36-37-38-39-40-42-44-46-48-50-52-54-56-58-60-62-64-74(92)87-69(70(91)63-61-59-57-55-53-51-49-47-45-43-41-26-24-22-20-18-16-14-12-10-8-6-4-2)68-100-84-80(98)77(95)82(72(66-89)102-84)105-86-81(99)78(96)83(73(67-90)103-86)104-85-79(97)76(94)75(93)71(65-88)101-85/h5,7,11,13,17,19,23,25,28-29,31-32,34-35,37-38,40,42,46,48,52-55,61,63,69-73,75-86,88-91,93-99H,3-4,6,8-10,12,14-16,18,20-22,24,26-27,30,33,36,39,41,43-45,47,49-51,56-60,62,64-68H2,1-2H3,(H,87,92)/b7-5-,13-11-,19-17-,25-23-,29-28-,32-31-,35-34-,38-37-,42-40-,48-46-,54-52-,55-53+,63-61+. The molecule has 598 valence electrons. The van der Waals surface area contributed by atoms with E-state index in [2.05, 4.69) is 165 Å². The van der Waals surface area contributed by atoms with Crippen LogP contribution in [0.15, 0.2) is 158 Å². The van der Waals surface area contributed by atoms with Crippen molar-refractivity contribution in [1.29, 1.82) is 0 Å². The Bertz CT molecular complexity index is 2520. The molecule has 0 aromatic heterocycles. The number of aliphatic hydroxyl groups is 11. The summed E-state index contributed by atoms with van der Waals surface area (Å²) in [5.74, 6) is -0.322. The van der Waals surface area contributed by atoms with E-state index in [1.165, 1.54) is 103 Å². The van der Waals surface area contributed by atoms with Gasteiger partial charge in [-0.2, -0.15) is 0 Å². The number of carbonyl (C=O) groups excluding carboxylic acids is 1. The van der Waals surface area contributed by atoms with E-state index in [1.807, 2.05) is 6.08 Å². The van der Waals surface area contributed by atoms with Crippen LogP contribution in [-0.4, -0.2) is 193 Å². The Hall–Kier alpha value is -4.59. The Kier molecular flexibility index (Phi) is 57.9. The number of nitrogens with one attached hydrogen (secondary N) is 1. The third-order valence-electron chi connectivity index (χ3n) is 18.8. The molecule has 0 aliphatic carbocycles. The van der Waals surface area contributed by atoms with E-state index in [-0.39, 0.29) is 12.3 Å². The van der Waals surface area contributed by atoms with Crippen molar-refractivity contribution in [2.75, 3.05) is 26.4 Å². The molecule has 1 amide bonds. The number of ether oxygens (including phenoxy) is 6. The molecule has 0 aromatic carbocycles. The van der Waals surface area contributed by atoms with Gasteiger partial charge in [0.15, 0.2) is 18.9 Å². The lowest BCUT2D eigenvalue weighted by atomic mass is 9.96. The first-order chi connectivity index (χ1) is 51.3. The van der Waals surface area contributed by atoms with Gasteiger partial charge in [-0.05, 0) is 116 Å². The van der Waals surface area contributed by atoms with Gasteiger partial charge in [-0.25, -0.2) is 0 Å². The molecule has 17 atom stereocenters. The fraction of sp³-hybridized carbons (Fsp3) is 0.686. The smallest absolute Gasteiger partial charge is 0.220 e. The molecule has 105 heavy (non-hydrogen) atoms. The quantitative estimate of drug-likeness (QED) is 0.0199. The molecule has 0 bridgehead atoms. The Labute approximate surface area is 631 Å². The molecule has 3 rings (SSSR count). The van der Waals surface area contributed by atoms with Crippen LogP contribution in [0.1, 0.15) is 245 Å². The molecule has 3 aliphatic heterocycles. The minimum Gasteiger partial charge on any atom is -0.394 e. The van der Waals surface area contributed by atoms with Crippen LogP contribution in [0.4, 0.5) is 0 Å². The predicted molar refractivity (Wildman–Crippen MR) is 419 cm³/mol. The Morgan fingerprint density at radius 3 is 1.07 bits per heavy atom. The zero-order chi connectivity index (χ0) is 76.0. The molecule has 3 heterocycles. The monoisotopic (exact) mass is 1480 g/mol. The summed E-state index contributed by atoms with van der Waals surface area (Å²) in [5.41, 5.74) is 0. The SMILES string of the molecule is CC/C=C\C/C=C\C/C=C\C/C=C\C/C=C\C/C=C\C/C=C\C/C=C\C/C=C\C/C=C\C/C=C\CCCCCC(=O)NC(COC1OC(CO)C(OC2OC(CO)C(OC3OC(CO)C(O)C(O)C3O)C(O)C2O)C(O)C1O)C(O)/C=C/CC/C=C/CCCCCCCCCCCCCCCCCCC. The zero-order valence-electron chi connectivity index (χ0n) is 63.9. The second-order valence-electron chi connectivity index (χ2n) is 27.8. The minimum atomic E-state index is -1.99. The fourth-order valence-electron chi connectivity index (χ4n) is 12.4. The van der Waals surface area contributed by atoms with Crippen LogP contribution in [0.3, 0.4) is 0 Å². The highest BCUT2D eigenvalue weighted by Gasteiger charge is 2.54. The molecule has 3 saturated heterocycles. The average molecular weight is 1480 g/mol. The summed E-state index contributed by atoms with van der Waals surface area (Å²) >= 11 is 0. The third-order valence-corrected chi connectivity index (χ3v) is 18.8. The number of hydrogen-bond donors (Lipinski definition) is 12. The Balaban J connectivity index is 1.40. The lowest BCUT2D eigenvalue weighted by Gasteiger charge is -2.48. The van der Waals surface area contributed by atoms with Gasteiger partial charge in [0.2, 0.25) is 5.91 Å². The van der Waals surface area contributed by atoms with Gasteiger partial charge in [-0.3, -0.25) is 4.79 Å². The van der Waals surface area contributed by atoms with Crippen LogP contribution in [0.2, 0.25) is 0 Å². The van der Waals surface area contributed by atoms with Crippen LogP contribution >= 0.6 is 0 Å². The topological polar surface area (TPSA) is 307 Å². The van der Waals surface area contributed by atoms with Gasteiger partial charge in [-0.15, -0.1) is 0 Å². The summed E-state index contributed by atoms with van der Waals surface area (Å²) in [6.45, 7) is 1.58. The average Bonchev–Trinajstić information content (AvgIpc) is 0.779. The maximum Gasteiger partial charge on any atom is 0.220 e. The van der Waals surface area contributed by atoms with E-state index in [4.69, 9.17) is 28.4 Å². The molecule has 0 aromatic rings. The fourth-order valence-corrected chi connectivity index (χ4v) is 12.4. The number of aliphatic hydroxyl groups excluding tert-OH is 11. The molecular weight excluding hydrogens is 1330 g/mol. The number of carbonyl (C=O) groups is 1. The summed E-state index contributed by atoms with van der Waals surface area (Å²) in [7, 11) is 0. The van der Waals surface area contributed by atoms with E-state index >= 15 is 0 Å². The van der Waals surface area contributed by atoms with Crippen LogP contribution in [0, 0.1) is 0 Å². The van der Waals surface area contributed by atoms with Crippen molar-refractivity contribution in [3.63, 3.8) is 0 Å². The van der Waals surface area contributed by atoms with Crippen molar-refractivity contribution in [2.24, 2.45) is 0 Å². The molecule has 3 aliphatic rings. The number of unbranched alkanes of at least 4 members (excludes halogenated alkanes) is 21. The van der Waals surface area contributed by atoms with Crippen molar-refractivity contribution in [3.05, 3.63) is 158 Å². The van der Waals surface area contributed by atoms with Crippen molar-refractivity contribution in [3.8, 4) is 0 Å². The maximum absolute atomic E-state index is 13.5. The highest BCUT2D eigenvalue weighted by Crippen LogP contribution is 2.33. The van der Waals surface area contributed by atoms with E-state index < -0.39 is 131 Å². The van der Waals surface area contributed by atoms with Gasteiger partial charge in [0.25, 0.3) is 0 Å². The van der Waals surface area contributed by atoms with E-state index in [9.17, 15) is 61.0 Å². The van der Waals surface area contributed by atoms with Crippen LogP contribution in [0.5, 0.6) is 0 Å². The van der Waals surface area contributed by atoms with Gasteiger partial charge in [0, 0.05) is 6.42 Å². The van der Waals surface area contributed by atoms with Crippen molar-refractivity contribution >= 4 is 5.91 Å². The van der Waals surface area contributed by atoms with Gasteiger partial charge in [0.05, 0.1) is 38.6 Å². The highest BCUT2D eigenvalue weighted by molar-refractivity contribution is 5.76. The van der Waals surface area contributed by atoms with Gasteiger partial charge in [0.1, 0.15) is 73.2 Å². The third kappa shape index (κ3) is 44.0. The largest absolute Gasteiger partial charge is 0.394 e. The van der Waals surface area contributed by atoms with Crippen molar-refractivity contribution in [1.82, 2.24) is 5.32 Å². The van der Waals surface area contributed by atoms with Crippen LogP contribution in [0.25, 0.3) is 0 Å². The predicted octanol–water partition coefficient (Wildman–Crippen LogP) is 13.6. The molecule has 12 N–H and O–H groups in total. The van der Waals surface area contributed by atoms with Gasteiger partial charge < -0.3 is 89.9 Å². The lowest BCUT2D eigenvalue weighted by molar-refractivity contribution is -0.379. The number of rotatable bonds is 61. The highest BCUT2D eigenvalue weighted by atomic mass is 16.8. The number of allylic oxidation sites excluding steroid dienone is 25. The first-order valence-electron chi connectivity index (χ1n) is 40.2. The normalized spacial score (nSPS) is 26.7. The van der Waals surface area contributed by atoms with Gasteiger partial charge >= 0.3 is 0 Å². The summed E-state index contributed by atoms with van der Waals surface area (Å²) < 4.78 is 34.4. The minimum absolute atomic E-state index is 0.185. The first-order valence-corrected chi connectivity index (χ1v) is 40.2. The van der Waals surface area contributed by atoms with E-state index in [0.29, 0.717) is 12.8 Å². The van der Waals surface area contributed by atoms with Crippen LogP contribution in [-0.2, 0) is 33.2 Å². The molecule has 0 saturated carbocycles. The maximum atomic E-state index is 13.5. The van der Waals surface area contributed by atoms with Crippen LogP contribution < -0.4 is 5.32 Å². The second kappa shape index (κ2) is 64.3. The summed E-state index contributed by atoms with van der Waals surface area (Å²) in [6.07, 6.45) is 67.9. The molecule has 17 unspecified atom stereocenters. The number of amides is 1. The Morgan fingerprint density at radius 2 is 0.667 bits per heavy atom. The van der Waals surface area contributed by atoms with Crippen molar-refractivity contribution < 1.29 is 89.4 Å². The molecule has 0 radical (unpaired) electrons. The van der Waals surface area contributed by atoms with E-state index in [0.717, 1.165) is 109 Å². The number of hydrogen-bond acceptors (Lipinski definition) is 18. The lowest BCUT2D eigenvalue weighted by Crippen LogP contribution is -2.66. The summed E-state index contributed by atoms with van der Waals surface area (Å²) in [6, 6.07) is -1.02. The summed E-state index contributed by atoms with van der Waals surface area (Å²) in [5, 5.41) is 121. The zero-order valence-corrected chi connectivity index (χ0v) is 63.9. The first kappa shape index (κ1) is 94.6. The molecule has 0 spiro atoms. The van der Waals surface area contributed by atoms with Gasteiger partial charge in [-0.1, -0.05) is 281 Å². The summed E-state index contributed by atoms with van der Waals surface area (Å²) in [4.78, 5) is 13.5. The molecule has 19 nitrogen and oxygen atoms in total. The van der Waals surface area contributed by atoms with E-state index in [1.54, 1.807) is 6.08 Å². The molecule has 3 fully saturated rings. The molecule has 19 heteroatoms. The molecular formula is C86H141NO18. The van der Waals surface area contributed by atoms with Crippen molar-refractivity contribution in [2.45, 2.75) is 349 Å².